The predicted molar refractivity (Wildman–Crippen MR) is 71.3 cm³/mol. The molecule has 0 fully saturated rings. The lowest BCUT2D eigenvalue weighted by molar-refractivity contribution is -0.385. The van der Waals surface area contributed by atoms with Crippen LogP contribution in [0.4, 0.5) is 5.69 Å². The van der Waals surface area contributed by atoms with Crippen LogP contribution in [-0.2, 0) is 4.74 Å². The van der Waals surface area contributed by atoms with E-state index < -0.39 is 27.7 Å². The highest BCUT2D eigenvalue weighted by Gasteiger charge is 2.25. The molecule has 0 aromatic heterocycles. The van der Waals surface area contributed by atoms with E-state index in [2.05, 4.69) is 0 Å². The third kappa shape index (κ3) is 3.92. The smallest absolute Gasteiger partial charge is 0.346 e. The summed E-state index contributed by atoms with van der Waals surface area (Å²) in [6.07, 6.45) is 0.519. The first-order valence-corrected chi connectivity index (χ1v) is 5.97. The Hall–Kier alpha value is -2.15. The van der Waals surface area contributed by atoms with Crippen LogP contribution in [0.3, 0.4) is 0 Å². The van der Waals surface area contributed by atoms with Crippen molar-refractivity contribution >= 4 is 11.7 Å². The molecule has 1 N–H and O–H groups in total. The molecule has 0 heterocycles. The van der Waals surface area contributed by atoms with E-state index in [1.807, 2.05) is 13.8 Å². The number of ether oxygens (including phenoxy) is 2. The van der Waals surface area contributed by atoms with E-state index in [-0.39, 0.29) is 12.4 Å². The number of hydrogen-bond acceptors (Lipinski definition) is 5. The minimum Gasteiger partial charge on any atom is -0.492 e. The predicted octanol–water partition coefficient (Wildman–Crippen LogP) is 2.49. The van der Waals surface area contributed by atoms with Crippen molar-refractivity contribution in [2.45, 2.75) is 25.9 Å². The van der Waals surface area contributed by atoms with Gasteiger partial charge in [0, 0.05) is 19.6 Å². The van der Waals surface area contributed by atoms with Crippen LogP contribution < -0.4 is 4.74 Å². The summed E-state index contributed by atoms with van der Waals surface area (Å²) in [5.74, 6) is -1.41. The molecule has 0 aliphatic heterocycles. The minimum atomic E-state index is -1.39. The van der Waals surface area contributed by atoms with Crippen LogP contribution >= 0.6 is 0 Å². The molecule has 20 heavy (non-hydrogen) atoms. The summed E-state index contributed by atoms with van der Waals surface area (Å²) >= 11 is 0. The molecule has 7 heteroatoms. The highest BCUT2D eigenvalue weighted by molar-refractivity contribution is 5.95. The van der Waals surface area contributed by atoms with Crippen LogP contribution in [0.25, 0.3) is 0 Å². The molecule has 0 aliphatic rings. The molecule has 1 aromatic rings. The number of carbonyl (C=O) groups is 1. The van der Waals surface area contributed by atoms with E-state index >= 15 is 0 Å². The summed E-state index contributed by atoms with van der Waals surface area (Å²) in [4.78, 5) is 21.2. The molecule has 110 valence electrons. The van der Waals surface area contributed by atoms with Gasteiger partial charge in [-0.05, 0) is 19.9 Å². The maximum Gasteiger partial charge on any atom is 0.346 e. The van der Waals surface area contributed by atoms with E-state index in [1.54, 1.807) is 7.11 Å². The van der Waals surface area contributed by atoms with Gasteiger partial charge in [0.15, 0.2) is 5.56 Å². The van der Waals surface area contributed by atoms with E-state index in [0.29, 0.717) is 6.42 Å². The largest absolute Gasteiger partial charge is 0.492 e. The molecule has 7 nitrogen and oxygen atoms in total. The van der Waals surface area contributed by atoms with Gasteiger partial charge in [-0.3, -0.25) is 10.1 Å². The van der Waals surface area contributed by atoms with Crippen LogP contribution in [0.2, 0.25) is 0 Å². The molecule has 0 atom stereocenters. The van der Waals surface area contributed by atoms with Gasteiger partial charge in [-0.2, -0.15) is 0 Å². The summed E-state index contributed by atoms with van der Waals surface area (Å²) in [5.41, 5.74) is -1.34. The van der Waals surface area contributed by atoms with Crippen molar-refractivity contribution in [1.82, 2.24) is 0 Å². The third-order valence-corrected chi connectivity index (χ3v) is 2.93. The molecule has 0 bridgehead atoms. The highest BCUT2D eigenvalue weighted by atomic mass is 16.6. The first-order chi connectivity index (χ1) is 9.28. The number of nitrogens with zero attached hydrogens (tertiary/aromatic N) is 1. The number of aromatic carboxylic acids is 1. The van der Waals surface area contributed by atoms with Crippen molar-refractivity contribution in [3.05, 3.63) is 33.9 Å². The Morgan fingerprint density at radius 2 is 2.10 bits per heavy atom. The van der Waals surface area contributed by atoms with Crippen molar-refractivity contribution in [3.8, 4) is 5.75 Å². The zero-order chi connectivity index (χ0) is 15.3. The van der Waals surface area contributed by atoms with Gasteiger partial charge in [-0.1, -0.05) is 6.07 Å². The number of nitro groups is 1. The first kappa shape index (κ1) is 15.9. The second-order valence-electron chi connectivity index (χ2n) is 4.77. The zero-order valence-corrected chi connectivity index (χ0v) is 11.6. The van der Waals surface area contributed by atoms with Crippen LogP contribution in [0.5, 0.6) is 5.75 Å². The van der Waals surface area contributed by atoms with Crippen molar-refractivity contribution in [1.29, 1.82) is 0 Å². The van der Waals surface area contributed by atoms with Crippen LogP contribution in [0.15, 0.2) is 18.2 Å². The number of benzene rings is 1. The van der Waals surface area contributed by atoms with Crippen LogP contribution in [0.1, 0.15) is 30.6 Å². The Balaban J connectivity index is 2.93. The molecule has 1 rings (SSSR count). The van der Waals surface area contributed by atoms with E-state index in [1.165, 1.54) is 12.1 Å². The molecule has 0 spiro atoms. The fraction of sp³-hybridized carbons (Fsp3) is 0.462. The molecule has 0 saturated carbocycles. The number of methoxy groups -OCH3 is 1. The quantitative estimate of drug-likeness (QED) is 0.609. The normalized spacial score (nSPS) is 11.2. The van der Waals surface area contributed by atoms with Gasteiger partial charge >= 0.3 is 5.97 Å². The second-order valence-corrected chi connectivity index (χ2v) is 4.77. The average Bonchev–Trinajstić information content (AvgIpc) is 2.37. The fourth-order valence-corrected chi connectivity index (χ4v) is 1.52. The van der Waals surface area contributed by atoms with Gasteiger partial charge in [0.1, 0.15) is 5.75 Å². The van der Waals surface area contributed by atoms with E-state index in [4.69, 9.17) is 14.6 Å². The molecule has 0 unspecified atom stereocenters. The number of hydrogen-bond donors (Lipinski definition) is 1. The van der Waals surface area contributed by atoms with E-state index in [9.17, 15) is 14.9 Å². The topological polar surface area (TPSA) is 98.9 Å². The Morgan fingerprint density at radius 3 is 2.60 bits per heavy atom. The Labute approximate surface area is 116 Å². The number of carboxylic acid groups (broad SMARTS) is 1. The first-order valence-electron chi connectivity index (χ1n) is 5.97. The summed E-state index contributed by atoms with van der Waals surface area (Å²) < 4.78 is 10.6. The Morgan fingerprint density at radius 1 is 1.45 bits per heavy atom. The number of nitro benzene ring substituents is 1. The van der Waals surface area contributed by atoms with Crippen molar-refractivity contribution in [3.63, 3.8) is 0 Å². The molecule has 0 radical (unpaired) electrons. The number of carboxylic acids is 1. The SMILES string of the molecule is COC(C)(C)CCOc1cccc([N+](=O)[O-])c1C(=O)O. The summed E-state index contributed by atoms with van der Waals surface area (Å²) in [6.45, 7) is 3.92. The standard InChI is InChI=1S/C13H17NO6/c1-13(2,19-3)7-8-20-10-6-4-5-9(14(17)18)11(10)12(15)16/h4-6H,7-8H2,1-3H3,(H,15,16). The maximum atomic E-state index is 11.2. The minimum absolute atomic E-state index is 0.0152. The van der Waals surface area contributed by atoms with Gasteiger partial charge in [0.05, 0.1) is 17.1 Å². The van der Waals surface area contributed by atoms with Gasteiger partial charge in [0.25, 0.3) is 5.69 Å². The van der Waals surface area contributed by atoms with Gasteiger partial charge in [0.2, 0.25) is 0 Å². The molecular formula is C13H17NO6. The molecule has 1 aromatic carbocycles. The lowest BCUT2D eigenvalue weighted by Gasteiger charge is -2.22. The van der Waals surface area contributed by atoms with Gasteiger partial charge in [-0.25, -0.2) is 4.79 Å². The Kier molecular flexibility index (Phi) is 5.04. The summed E-state index contributed by atoms with van der Waals surface area (Å²) in [5, 5.41) is 19.9. The molecule has 0 amide bonds. The second kappa shape index (κ2) is 6.33. The van der Waals surface area contributed by atoms with Gasteiger partial charge < -0.3 is 14.6 Å². The Bertz CT molecular complexity index is 512. The van der Waals surface area contributed by atoms with Crippen molar-refractivity contribution in [2.75, 3.05) is 13.7 Å². The maximum absolute atomic E-state index is 11.2. The highest BCUT2D eigenvalue weighted by Crippen LogP contribution is 2.28. The summed E-state index contributed by atoms with van der Waals surface area (Å²) in [6, 6.07) is 3.92. The van der Waals surface area contributed by atoms with Gasteiger partial charge in [-0.15, -0.1) is 0 Å². The molecule has 0 saturated heterocycles. The molecule has 0 aliphatic carbocycles. The third-order valence-electron chi connectivity index (χ3n) is 2.93. The summed E-state index contributed by atoms with van der Waals surface area (Å²) in [7, 11) is 1.57. The van der Waals surface area contributed by atoms with E-state index in [0.717, 1.165) is 6.07 Å². The van der Waals surface area contributed by atoms with Crippen LogP contribution in [-0.4, -0.2) is 35.3 Å². The lowest BCUT2D eigenvalue weighted by atomic mass is 10.1. The van der Waals surface area contributed by atoms with Crippen molar-refractivity contribution < 1.29 is 24.3 Å². The lowest BCUT2D eigenvalue weighted by Crippen LogP contribution is -2.25. The fourth-order valence-electron chi connectivity index (χ4n) is 1.52. The molecular weight excluding hydrogens is 266 g/mol. The van der Waals surface area contributed by atoms with Crippen LogP contribution in [0, 0.1) is 10.1 Å². The monoisotopic (exact) mass is 283 g/mol. The number of rotatable bonds is 7. The zero-order valence-electron chi connectivity index (χ0n) is 11.6. The average molecular weight is 283 g/mol. The van der Waals surface area contributed by atoms with Crippen molar-refractivity contribution in [2.24, 2.45) is 0 Å².